The molecule has 1 amide bonds. The number of nitrogens with zero attached hydrogens (tertiary/aromatic N) is 1. The van der Waals surface area contributed by atoms with Crippen LogP contribution in [0.15, 0.2) is 18.2 Å². The first-order chi connectivity index (χ1) is 9.95. The van der Waals surface area contributed by atoms with Crippen molar-refractivity contribution in [2.45, 2.75) is 32.4 Å². The highest BCUT2D eigenvalue weighted by atomic mass is 19.1. The lowest BCUT2D eigenvalue weighted by Gasteiger charge is -2.36. The number of amides is 1. The minimum Gasteiger partial charge on any atom is -0.399 e. The normalized spacial score (nSPS) is 23.0. The van der Waals surface area contributed by atoms with Gasteiger partial charge >= 0.3 is 0 Å². The average molecular weight is 295 g/mol. The highest BCUT2D eigenvalue weighted by molar-refractivity contribution is 5.91. The predicted octanol–water partition coefficient (Wildman–Crippen LogP) is 1.85. The van der Waals surface area contributed by atoms with Gasteiger partial charge in [-0.05, 0) is 32.0 Å². The summed E-state index contributed by atoms with van der Waals surface area (Å²) in [6.07, 6.45) is 0.487. The summed E-state index contributed by atoms with van der Waals surface area (Å²) in [5.41, 5.74) is 6.13. The summed E-state index contributed by atoms with van der Waals surface area (Å²) in [6, 6.07) is 4.42. The molecule has 3 N–H and O–H groups in total. The number of hydrogen-bond donors (Lipinski definition) is 2. The van der Waals surface area contributed by atoms with Crippen molar-refractivity contribution in [1.82, 2.24) is 4.90 Å². The first kappa shape index (κ1) is 15.7. The lowest BCUT2D eigenvalue weighted by Crippen LogP contribution is -2.48. The Hall–Kier alpha value is -1.66. The molecule has 0 bridgehead atoms. The average Bonchev–Trinajstić information content (AvgIpc) is 2.44. The van der Waals surface area contributed by atoms with E-state index in [9.17, 15) is 9.18 Å². The van der Waals surface area contributed by atoms with E-state index in [1.54, 1.807) is 0 Å². The first-order valence-corrected chi connectivity index (χ1v) is 7.16. The summed E-state index contributed by atoms with van der Waals surface area (Å²) in [4.78, 5) is 14.1. The Morgan fingerprint density at radius 3 is 3.05 bits per heavy atom. The molecule has 116 valence electrons. The topological polar surface area (TPSA) is 67.6 Å². The minimum absolute atomic E-state index is 0.128. The molecular formula is C15H22FN3O2. The van der Waals surface area contributed by atoms with E-state index in [2.05, 4.69) is 17.1 Å². The number of anilines is 2. The third-order valence-corrected chi connectivity index (χ3v) is 3.63. The molecule has 0 spiro atoms. The molecule has 21 heavy (non-hydrogen) atoms. The molecule has 0 radical (unpaired) electrons. The number of rotatable bonds is 4. The van der Waals surface area contributed by atoms with Crippen LogP contribution >= 0.6 is 0 Å². The molecule has 0 saturated carbocycles. The summed E-state index contributed by atoms with van der Waals surface area (Å²) < 4.78 is 19.1. The first-order valence-electron chi connectivity index (χ1n) is 7.16. The molecule has 1 aliphatic rings. The molecule has 1 heterocycles. The maximum atomic E-state index is 13.5. The molecule has 1 aliphatic heterocycles. The molecule has 1 saturated heterocycles. The van der Waals surface area contributed by atoms with Gasteiger partial charge in [-0.3, -0.25) is 9.69 Å². The molecule has 1 aromatic carbocycles. The van der Waals surface area contributed by atoms with Crippen LogP contribution in [0.4, 0.5) is 15.8 Å². The van der Waals surface area contributed by atoms with Gasteiger partial charge in [-0.25, -0.2) is 4.39 Å². The van der Waals surface area contributed by atoms with Crippen LogP contribution in [0.25, 0.3) is 0 Å². The van der Waals surface area contributed by atoms with Crippen molar-refractivity contribution in [2.75, 3.05) is 30.7 Å². The highest BCUT2D eigenvalue weighted by Gasteiger charge is 2.23. The van der Waals surface area contributed by atoms with E-state index in [4.69, 9.17) is 10.5 Å². The molecule has 1 fully saturated rings. The SMILES string of the molecule is CC1CN(CCC(=O)Nc2cc(N)ccc2F)C(C)CO1. The smallest absolute Gasteiger partial charge is 0.225 e. The Kier molecular flexibility index (Phi) is 5.14. The van der Waals surface area contributed by atoms with Crippen LogP contribution in [-0.4, -0.2) is 42.6 Å². The van der Waals surface area contributed by atoms with Gasteiger partial charge in [0.2, 0.25) is 5.91 Å². The second-order valence-corrected chi connectivity index (χ2v) is 5.53. The number of carbonyl (C=O) groups excluding carboxylic acids is 1. The van der Waals surface area contributed by atoms with Gasteiger partial charge in [0, 0.05) is 31.2 Å². The summed E-state index contributed by atoms with van der Waals surface area (Å²) in [6.45, 7) is 6.20. The van der Waals surface area contributed by atoms with Crippen molar-refractivity contribution in [2.24, 2.45) is 0 Å². The molecule has 1 aromatic rings. The van der Waals surface area contributed by atoms with Crippen molar-refractivity contribution in [3.63, 3.8) is 0 Å². The summed E-state index contributed by atoms with van der Waals surface area (Å²) in [5, 5.41) is 2.56. The number of morpholine rings is 1. The number of nitrogens with one attached hydrogen (secondary N) is 1. The minimum atomic E-state index is -0.481. The number of halogens is 1. The molecule has 0 aliphatic carbocycles. The van der Waals surface area contributed by atoms with Gasteiger partial charge in [0.15, 0.2) is 0 Å². The van der Waals surface area contributed by atoms with Gasteiger partial charge in [-0.1, -0.05) is 0 Å². The van der Waals surface area contributed by atoms with Crippen LogP contribution in [-0.2, 0) is 9.53 Å². The Labute approximate surface area is 124 Å². The Morgan fingerprint density at radius 1 is 1.52 bits per heavy atom. The zero-order valence-corrected chi connectivity index (χ0v) is 12.4. The quantitative estimate of drug-likeness (QED) is 0.832. The summed E-state index contributed by atoms with van der Waals surface area (Å²) in [5.74, 6) is -0.697. The zero-order chi connectivity index (χ0) is 15.4. The van der Waals surface area contributed by atoms with Crippen LogP contribution < -0.4 is 11.1 Å². The van der Waals surface area contributed by atoms with E-state index in [-0.39, 0.29) is 23.7 Å². The number of carbonyl (C=O) groups is 1. The van der Waals surface area contributed by atoms with E-state index < -0.39 is 5.82 Å². The fourth-order valence-corrected chi connectivity index (χ4v) is 2.38. The molecule has 5 nitrogen and oxygen atoms in total. The van der Waals surface area contributed by atoms with Crippen LogP contribution in [0.3, 0.4) is 0 Å². The number of hydrogen-bond acceptors (Lipinski definition) is 4. The van der Waals surface area contributed by atoms with Crippen molar-refractivity contribution in [1.29, 1.82) is 0 Å². The third kappa shape index (κ3) is 4.41. The third-order valence-electron chi connectivity index (χ3n) is 3.63. The lowest BCUT2D eigenvalue weighted by atomic mass is 10.2. The predicted molar refractivity (Wildman–Crippen MR) is 80.5 cm³/mol. The van der Waals surface area contributed by atoms with Crippen molar-refractivity contribution in [3.8, 4) is 0 Å². The van der Waals surface area contributed by atoms with Crippen LogP contribution in [0.5, 0.6) is 0 Å². The standard InChI is InChI=1S/C15H22FN3O2/c1-10-9-21-11(2)8-19(10)6-5-15(20)18-14-7-12(17)3-4-13(14)16/h3-4,7,10-11H,5-6,8-9,17H2,1-2H3,(H,18,20). The van der Waals surface area contributed by atoms with Crippen molar-refractivity contribution < 1.29 is 13.9 Å². The monoisotopic (exact) mass is 295 g/mol. The second kappa shape index (κ2) is 6.87. The van der Waals surface area contributed by atoms with Gasteiger partial charge in [-0.2, -0.15) is 0 Å². The Morgan fingerprint density at radius 2 is 2.29 bits per heavy atom. The summed E-state index contributed by atoms with van der Waals surface area (Å²) >= 11 is 0. The van der Waals surface area contributed by atoms with E-state index >= 15 is 0 Å². The molecule has 6 heteroatoms. The fourth-order valence-electron chi connectivity index (χ4n) is 2.38. The molecule has 0 aromatic heterocycles. The van der Waals surface area contributed by atoms with E-state index in [0.717, 1.165) is 6.54 Å². The largest absolute Gasteiger partial charge is 0.399 e. The van der Waals surface area contributed by atoms with Crippen LogP contribution in [0, 0.1) is 5.82 Å². The Balaban J connectivity index is 1.86. The molecule has 2 unspecified atom stereocenters. The van der Waals surface area contributed by atoms with Gasteiger partial charge in [0.25, 0.3) is 0 Å². The molecule has 2 rings (SSSR count). The van der Waals surface area contributed by atoms with Crippen molar-refractivity contribution >= 4 is 17.3 Å². The lowest BCUT2D eigenvalue weighted by molar-refractivity contribution is -0.117. The maximum absolute atomic E-state index is 13.5. The number of benzene rings is 1. The van der Waals surface area contributed by atoms with E-state index in [1.165, 1.54) is 18.2 Å². The van der Waals surface area contributed by atoms with E-state index in [0.29, 0.717) is 25.3 Å². The van der Waals surface area contributed by atoms with Gasteiger partial charge in [-0.15, -0.1) is 0 Å². The number of ether oxygens (including phenoxy) is 1. The van der Waals surface area contributed by atoms with Crippen LogP contribution in [0.2, 0.25) is 0 Å². The number of nitrogens with two attached hydrogens (primary N) is 1. The molecule has 2 atom stereocenters. The second-order valence-electron chi connectivity index (χ2n) is 5.53. The van der Waals surface area contributed by atoms with Gasteiger partial charge in [0.1, 0.15) is 5.82 Å². The van der Waals surface area contributed by atoms with Gasteiger partial charge in [0.05, 0.1) is 18.4 Å². The number of nitrogen functional groups attached to an aromatic ring is 1. The van der Waals surface area contributed by atoms with Crippen molar-refractivity contribution in [3.05, 3.63) is 24.0 Å². The summed E-state index contributed by atoms with van der Waals surface area (Å²) in [7, 11) is 0. The zero-order valence-electron chi connectivity index (χ0n) is 12.4. The fraction of sp³-hybridized carbons (Fsp3) is 0.533. The Bertz CT molecular complexity index is 510. The van der Waals surface area contributed by atoms with Crippen LogP contribution in [0.1, 0.15) is 20.3 Å². The molecular weight excluding hydrogens is 273 g/mol. The highest BCUT2D eigenvalue weighted by Crippen LogP contribution is 2.18. The van der Waals surface area contributed by atoms with Gasteiger partial charge < -0.3 is 15.8 Å². The van der Waals surface area contributed by atoms with E-state index in [1.807, 2.05) is 6.92 Å². The maximum Gasteiger partial charge on any atom is 0.225 e.